The third kappa shape index (κ3) is 4.15. The average molecular weight is 405 g/mol. The lowest BCUT2D eigenvalue weighted by Crippen LogP contribution is -2.28. The molecule has 1 heterocycles. The summed E-state index contributed by atoms with van der Waals surface area (Å²) in [5.41, 5.74) is 7.26. The van der Waals surface area contributed by atoms with Gasteiger partial charge in [0.25, 0.3) is 0 Å². The number of amides is 1. The highest BCUT2D eigenvalue weighted by Gasteiger charge is 2.15. The first-order chi connectivity index (χ1) is 14.2. The van der Waals surface area contributed by atoms with Crippen LogP contribution in [0.3, 0.4) is 0 Å². The predicted octanol–water partition coefficient (Wildman–Crippen LogP) is 4.88. The standard InChI is InChI=1S/C22H17ClN4O2/c23-21-12-19(29-20-8-9-25-17(11-20)13-24)6-7-22(21)26-27(14-28)18-5-4-15-2-1-3-16(15)10-18/h4-12,14,26H,1-3H2. The quantitative estimate of drug-likeness (QED) is 0.468. The number of hydrogen-bond acceptors (Lipinski definition) is 5. The number of aryl methyl sites for hydroxylation is 2. The molecule has 1 amide bonds. The first-order valence-corrected chi connectivity index (χ1v) is 9.50. The van der Waals surface area contributed by atoms with Crippen molar-refractivity contribution in [2.75, 3.05) is 10.4 Å². The van der Waals surface area contributed by atoms with Gasteiger partial charge < -0.3 is 4.74 Å². The molecule has 0 unspecified atom stereocenters. The van der Waals surface area contributed by atoms with Gasteiger partial charge in [-0.3, -0.25) is 10.2 Å². The molecule has 0 radical (unpaired) electrons. The van der Waals surface area contributed by atoms with E-state index in [1.165, 1.54) is 22.3 Å². The van der Waals surface area contributed by atoms with E-state index in [-0.39, 0.29) is 5.69 Å². The Bertz CT molecular complexity index is 1110. The van der Waals surface area contributed by atoms with Crippen molar-refractivity contribution < 1.29 is 9.53 Å². The van der Waals surface area contributed by atoms with Gasteiger partial charge in [-0.05, 0) is 60.7 Å². The number of aromatic nitrogens is 1. The van der Waals surface area contributed by atoms with Gasteiger partial charge in [-0.1, -0.05) is 17.7 Å². The Morgan fingerprint density at radius 1 is 1.10 bits per heavy atom. The van der Waals surface area contributed by atoms with Crippen LogP contribution in [0.5, 0.6) is 11.5 Å². The number of nitrogens with zero attached hydrogens (tertiary/aromatic N) is 3. The summed E-state index contributed by atoms with van der Waals surface area (Å²) in [6.07, 6.45) is 5.49. The zero-order valence-electron chi connectivity index (χ0n) is 15.4. The summed E-state index contributed by atoms with van der Waals surface area (Å²) < 4.78 is 5.74. The summed E-state index contributed by atoms with van der Waals surface area (Å²) in [6, 6.07) is 16.3. The van der Waals surface area contributed by atoms with E-state index in [1.807, 2.05) is 18.2 Å². The molecule has 0 bridgehead atoms. The molecule has 0 saturated heterocycles. The largest absolute Gasteiger partial charge is 0.457 e. The van der Waals surface area contributed by atoms with E-state index in [0.717, 1.165) is 31.4 Å². The fourth-order valence-electron chi connectivity index (χ4n) is 3.31. The Balaban J connectivity index is 1.51. The molecule has 0 spiro atoms. The second kappa shape index (κ2) is 8.21. The van der Waals surface area contributed by atoms with E-state index in [4.69, 9.17) is 21.6 Å². The van der Waals surface area contributed by atoms with Crippen molar-refractivity contribution in [3.8, 4) is 17.6 Å². The van der Waals surface area contributed by atoms with Gasteiger partial charge in [0.1, 0.15) is 23.3 Å². The number of fused-ring (bicyclic) bond motifs is 1. The smallest absolute Gasteiger partial charge is 0.232 e. The number of carbonyl (C=O) groups is 1. The summed E-state index contributed by atoms with van der Waals surface area (Å²) >= 11 is 6.39. The van der Waals surface area contributed by atoms with Crippen LogP contribution in [-0.4, -0.2) is 11.4 Å². The van der Waals surface area contributed by atoms with Crippen LogP contribution < -0.4 is 15.2 Å². The highest BCUT2D eigenvalue weighted by atomic mass is 35.5. The van der Waals surface area contributed by atoms with Crippen LogP contribution in [0.2, 0.25) is 5.02 Å². The first kappa shape index (κ1) is 18.8. The molecule has 6 nitrogen and oxygen atoms in total. The lowest BCUT2D eigenvalue weighted by Gasteiger charge is -2.21. The molecule has 3 aromatic rings. The SMILES string of the molecule is N#Cc1cc(Oc2ccc(NN(C=O)c3ccc4c(c3)CCC4)c(Cl)c2)ccn1. The predicted molar refractivity (Wildman–Crippen MR) is 111 cm³/mol. The normalized spacial score (nSPS) is 12.0. The zero-order chi connectivity index (χ0) is 20.2. The zero-order valence-corrected chi connectivity index (χ0v) is 16.2. The van der Waals surface area contributed by atoms with Crippen molar-refractivity contribution in [1.29, 1.82) is 5.26 Å². The molecule has 1 aliphatic carbocycles. The monoisotopic (exact) mass is 404 g/mol. The maximum Gasteiger partial charge on any atom is 0.232 e. The number of carbonyl (C=O) groups excluding carboxylic acids is 1. The minimum atomic E-state index is 0.267. The number of benzene rings is 2. The van der Waals surface area contributed by atoms with Crippen LogP contribution >= 0.6 is 11.6 Å². The minimum absolute atomic E-state index is 0.267. The van der Waals surface area contributed by atoms with Gasteiger partial charge in [-0.2, -0.15) is 5.26 Å². The van der Waals surface area contributed by atoms with Gasteiger partial charge in [0.05, 0.1) is 16.4 Å². The number of halogens is 1. The van der Waals surface area contributed by atoms with Crippen molar-refractivity contribution >= 4 is 29.4 Å². The van der Waals surface area contributed by atoms with Gasteiger partial charge in [0.15, 0.2) is 0 Å². The number of hydrazine groups is 1. The number of anilines is 2. The van der Waals surface area contributed by atoms with E-state index < -0.39 is 0 Å². The Labute approximate surface area is 173 Å². The van der Waals surface area contributed by atoms with Gasteiger partial charge in [-0.15, -0.1) is 0 Å². The maximum atomic E-state index is 11.7. The van der Waals surface area contributed by atoms with Crippen molar-refractivity contribution in [3.05, 3.63) is 76.6 Å². The molecule has 2 aromatic carbocycles. The summed E-state index contributed by atoms with van der Waals surface area (Å²) in [5.74, 6) is 0.992. The molecule has 7 heteroatoms. The first-order valence-electron chi connectivity index (χ1n) is 9.13. The Hall–Kier alpha value is -3.56. The number of ether oxygens (including phenoxy) is 1. The number of nitrogens with one attached hydrogen (secondary N) is 1. The molecular weight excluding hydrogens is 388 g/mol. The highest BCUT2D eigenvalue weighted by Crippen LogP contribution is 2.32. The van der Waals surface area contributed by atoms with E-state index in [2.05, 4.69) is 16.5 Å². The summed E-state index contributed by atoms with van der Waals surface area (Å²) in [4.78, 5) is 15.6. The second-order valence-corrected chi connectivity index (χ2v) is 7.03. The Kier molecular flexibility index (Phi) is 5.32. The fraction of sp³-hybridized carbons (Fsp3) is 0.136. The van der Waals surface area contributed by atoms with Crippen molar-refractivity contribution in [1.82, 2.24) is 4.98 Å². The Morgan fingerprint density at radius 2 is 1.93 bits per heavy atom. The van der Waals surface area contributed by atoms with Crippen molar-refractivity contribution in [2.45, 2.75) is 19.3 Å². The van der Waals surface area contributed by atoms with Gasteiger partial charge in [-0.25, -0.2) is 9.99 Å². The molecule has 0 saturated carbocycles. The van der Waals surface area contributed by atoms with Crippen LogP contribution in [0.25, 0.3) is 0 Å². The summed E-state index contributed by atoms with van der Waals surface area (Å²) in [6.45, 7) is 0. The molecule has 1 aliphatic rings. The fourth-order valence-corrected chi connectivity index (χ4v) is 3.52. The molecule has 0 atom stereocenters. The second-order valence-electron chi connectivity index (χ2n) is 6.63. The van der Waals surface area contributed by atoms with Crippen LogP contribution in [0, 0.1) is 11.3 Å². The molecule has 0 fully saturated rings. The number of rotatable bonds is 6. The van der Waals surface area contributed by atoms with Gasteiger partial charge in [0, 0.05) is 18.3 Å². The molecule has 1 N–H and O–H groups in total. The molecule has 144 valence electrons. The molecule has 0 aliphatic heterocycles. The summed E-state index contributed by atoms with van der Waals surface area (Å²) in [5, 5.41) is 10.7. The van der Waals surface area contributed by atoms with Crippen LogP contribution in [0.4, 0.5) is 11.4 Å². The summed E-state index contributed by atoms with van der Waals surface area (Å²) in [7, 11) is 0. The topological polar surface area (TPSA) is 78.2 Å². The van der Waals surface area contributed by atoms with Crippen LogP contribution in [0.15, 0.2) is 54.7 Å². The van der Waals surface area contributed by atoms with Gasteiger partial charge in [0.2, 0.25) is 6.41 Å². The molecule has 29 heavy (non-hydrogen) atoms. The molecule has 4 rings (SSSR count). The van der Waals surface area contributed by atoms with Crippen LogP contribution in [-0.2, 0) is 17.6 Å². The van der Waals surface area contributed by atoms with E-state index in [0.29, 0.717) is 22.2 Å². The minimum Gasteiger partial charge on any atom is -0.457 e. The molecular formula is C22H17ClN4O2. The van der Waals surface area contributed by atoms with Crippen molar-refractivity contribution in [3.63, 3.8) is 0 Å². The van der Waals surface area contributed by atoms with E-state index >= 15 is 0 Å². The van der Waals surface area contributed by atoms with E-state index in [9.17, 15) is 4.79 Å². The maximum absolute atomic E-state index is 11.7. The lowest BCUT2D eigenvalue weighted by molar-refractivity contribution is -0.107. The van der Waals surface area contributed by atoms with Crippen molar-refractivity contribution in [2.24, 2.45) is 0 Å². The third-order valence-electron chi connectivity index (χ3n) is 4.73. The number of nitriles is 1. The van der Waals surface area contributed by atoms with Crippen LogP contribution in [0.1, 0.15) is 23.2 Å². The average Bonchev–Trinajstić information content (AvgIpc) is 3.21. The highest BCUT2D eigenvalue weighted by molar-refractivity contribution is 6.33. The molecule has 1 aromatic heterocycles. The number of hydrogen-bond donors (Lipinski definition) is 1. The van der Waals surface area contributed by atoms with Gasteiger partial charge >= 0.3 is 0 Å². The Morgan fingerprint density at radius 3 is 2.72 bits per heavy atom. The third-order valence-corrected chi connectivity index (χ3v) is 5.04. The lowest BCUT2D eigenvalue weighted by atomic mass is 10.1. The number of pyridine rings is 1. The van der Waals surface area contributed by atoms with E-state index in [1.54, 1.807) is 30.3 Å².